The smallest absolute Gasteiger partial charge is 0.240 e. The van der Waals surface area contributed by atoms with Crippen molar-refractivity contribution in [2.24, 2.45) is 0 Å². The van der Waals surface area contributed by atoms with Crippen LogP contribution in [-0.4, -0.2) is 85.9 Å². The molecular weight excluding hydrogens is 244 g/mol. The van der Waals surface area contributed by atoms with Crippen LogP contribution in [0.3, 0.4) is 0 Å². The molecule has 1 aliphatic heterocycles. The molecule has 0 aromatic heterocycles. The van der Waals surface area contributed by atoms with Gasteiger partial charge in [0.25, 0.3) is 0 Å². The number of carbonyl (C=O) groups excluding carboxylic acids is 2. The maximum absolute atomic E-state index is 12.2. The Labute approximate surface area is 115 Å². The van der Waals surface area contributed by atoms with Crippen molar-refractivity contribution in [1.29, 1.82) is 0 Å². The van der Waals surface area contributed by atoms with Gasteiger partial charge in [0, 0.05) is 46.8 Å². The molecule has 0 saturated carbocycles. The number of amides is 2. The Morgan fingerprint density at radius 3 is 2.42 bits per heavy atom. The molecule has 1 saturated heterocycles. The van der Waals surface area contributed by atoms with E-state index in [9.17, 15) is 9.59 Å². The van der Waals surface area contributed by atoms with Crippen molar-refractivity contribution in [2.75, 3.05) is 53.4 Å². The van der Waals surface area contributed by atoms with Gasteiger partial charge in [-0.05, 0) is 13.8 Å². The van der Waals surface area contributed by atoms with Gasteiger partial charge in [-0.2, -0.15) is 0 Å². The lowest BCUT2D eigenvalue weighted by Crippen LogP contribution is -2.59. The second kappa shape index (κ2) is 7.45. The Morgan fingerprint density at radius 1 is 1.26 bits per heavy atom. The maximum Gasteiger partial charge on any atom is 0.240 e. The average Bonchev–Trinajstić information content (AvgIpc) is 2.39. The fraction of sp³-hybridized carbons (Fsp3) is 0.846. The largest absolute Gasteiger partial charge is 0.347 e. The minimum atomic E-state index is -0.233. The molecule has 1 atom stereocenters. The van der Waals surface area contributed by atoms with E-state index in [1.807, 2.05) is 18.7 Å². The molecule has 0 spiro atoms. The van der Waals surface area contributed by atoms with E-state index in [1.54, 1.807) is 23.9 Å². The van der Waals surface area contributed by atoms with Crippen molar-refractivity contribution in [3.8, 4) is 0 Å². The van der Waals surface area contributed by atoms with Crippen molar-refractivity contribution in [2.45, 2.75) is 19.9 Å². The molecule has 1 aliphatic rings. The van der Waals surface area contributed by atoms with Gasteiger partial charge in [-0.25, -0.2) is 0 Å². The van der Waals surface area contributed by atoms with Gasteiger partial charge < -0.3 is 15.1 Å². The summed E-state index contributed by atoms with van der Waals surface area (Å²) >= 11 is 0. The molecule has 1 heterocycles. The van der Waals surface area contributed by atoms with Gasteiger partial charge in [-0.3, -0.25) is 14.5 Å². The summed E-state index contributed by atoms with van der Waals surface area (Å²) in [5.74, 6) is 0.156. The number of hydrogen-bond acceptors (Lipinski definition) is 4. The van der Waals surface area contributed by atoms with E-state index in [-0.39, 0.29) is 17.9 Å². The number of piperazine rings is 1. The highest BCUT2D eigenvalue weighted by molar-refractivity contribution is 5.83. The normalized spacial score (nSPS) is 20.1. The van der Waals surface area contributed by atoms with Crippen LogP contribution in [0.2, 0.25) is 0 Å². The molecule has 1 unspecified atom stereocenters. The van der Waals surface area contributed by atoms with E-state index in [4.69, 9.17) is 0 Å². The van der Waals surface area contributed by atoms with Crippen molar-refractivity contribution in [3.63, 3.8) is 0 Å². The van der Waals surface area contributed by atoms with Crippen LogP contribution in [-0.2, 0) is 9.59 Å². The van der Waals surface area contributed by atoms with Crippen LogP contribution in [0.25, 0.3) is 0 Å². The molecule has 0 radical (unpaired) electrons. The quantitative estimate of drug-likeness (QED) is 0.712. The molecule has 0 aromatic rings. The summed E-state index contributed by atoms with van der Waals surface area (Å²) in [5, 5.41) is 3.22. The predicted octanol–water partition coefficient (Wildman–Crippen LogP) is -0.783. The van der Waals surface area contributed by atoms with Crippen molar-refractivity contribution < 1.29 is 9.59 Å². The van der Waals surface area contributed by atoms with Gasteiger partial charge >= 0.3 is 0 Å². The molecule has 0 aliphatic carbocycles. The number of carbonyl (C=O) groups is 2. The highest BCUT2D eigenvalue weighted by Gasteiger charge is 2.31. The highest BCUT2D eigenvalue weighted by atomic mass is 16.2. The predicted molar refractivity (Wildman–Crippen MR) is 74.9 cm³/mol. The van der Waals surface area contributed by atoms with Crippen LogP contribution in [0.15, 0.2) is 0 Å². The lowest BCUT2D eigenvalue weighted by Gasteiger charge is -2.36. The zero-order valence-electron chi connectivity index (χ0n) is 12.5. The summed E-state index contributed by atoms with van der Waals surface area (Å²) in [7, 11) is 3.50. The molecule has 6 heteroatoms. The second-order valence-electron chi connectivity index (χ2n) is 4.99. The van der Waals surface area contributed by atoms with Crippen LogP contribution in [0.5, 0.6) is 0 Å². The van der Waals surface area contributed by atoms with Crippen molar-refractivity contribution >= 4 is 11.8 Å². The first-order valence-corrected chi connectivity index (χ1v) is 6.94. The maximum atomic E-state index is 12.2. The number of rotatable bonds is 5. The fourth-order valence-corrected chi connectivity index (χ4v) is 2.33. The third kappa shape index (κ3) is 4.18. The first kappa shape index (κ1) is 15.9. The summed E-state index contributed by atoms with van der Waals surface area (Å²) < 4.78 is 0. The lowest BCUT2D eigenvalue weighted by atomic mass is 10.1. The van der Waals surface area contributed by atoms with Crippen molar-refractivity contribution in [3.05, 3.63) is 0 Å². The second-order valence-corrected chi connectivity index (χ2v) is 4.99. The molecule has 1 rings (SSSR count). The zero-order chi connectivity index (χ0) is 14.4. The van der Waals surface area contributed by atoms with E-state index >= 15 is 0 Å². The van der Waals surface area contributed by atoms with Crippen LogP contribution in [0.1, 0.15) is 13.8 Å². The number of hydrogen-bond donors (Lipinski definition) is 1. The van der Waals surface area contributed by atoms with Crippen molar-refractivity contribution in [1.82, 2.24) is 20.0 Å². The summed E-state index contributed by atoms with van der Waals surface area (Å²) in [6.45, 7) is 7.88. The van der Waals surface area contributed by atoms with Gasteiger partial charge in [0.2, 0.25) is 11.8 Å². The van der Waals surface area contributed by atoms with Gasteiger partial charge in [0.1, 0.15) is 6.04 Å². The van der Waals surface area contributed by atoms with Gasteiger partial charge in [-0.1, -0.05) is 0 Å². The Morgan fingerprint density at radius 2 is 1.89 bits per heavy atom. The summed E-state index contributed by atoms with van der Waals surface area (Å²) in [6, 6.07) is -0.233. The summed E-state index contributed by atoms with van der Waals surface area (Å²) in [4.78, 5) is 29.6. The van der Waals surface area contributed by atoms with E-state index in [1.165, 1.54) is 0 Å². The van der Waals surface area contributed by atoms with E-state index < -0.39 is 0 Å². The molecular formula is C13H26N4O2. The molecule has 110 valence electrons. The molecule has 2 amide bonds. The Kier molecular flexibility index (Phi) is 6.24. The average molecular weight is 270 g/mol. The third-order valence-electron chi connectivity index (χ3n) is 3.53. The lowest BCUT2D eigenvalue weighted by molar-refractivity contribution is -0.138. The Balaban J connectivity index is 2.67. The minimum absolute atomic E-state index is 0.0551. The van der Waals surface area contributed by atoms with E-state index in [2.05, 4.69) is 5.32 Å². The van der Waals surface area contributed by atoms with Crippen LogP contribution < -0.4 is 5.32 Å². The number of nitrogens with zero attached hydrogens (tertiary/aromatic N) is 3. The first-order chi connectivity index (χ1) is 9.01. The SMILES string of the molecule is CCN(CC)C(=O)CN1CCNCC1C(=O)N(C)C. The third-order valence-corrected chi connectivity index (χ3v) is 3.53. The topological polar surface area (TPSA) is 55.9 Å². The van der Waals surface area contributed by atoms with Crippen LogP contribution in [0, 0.1) is 0 Å². The summed E-state index contributed by atoms with van der Waals surface area (Å²) in [5.41, 5.74) is 0. The molecule has 1 N–H and O–H groups in total. The van der Waals surface area contributed by atoms with Gasteiger partial charge in [0.15, 0.2) is 0 Å². The van der Waals surface area contributed by atoms with Crippen LogP contribution in [0.4, 0.5) is 0 Å². The van der Waals surface area contributed by atoms with E-state index in [0.717, 1.165) is 13.1 Å². The fourth-order valence-electron chi connectivity index (χ4n) is 2.33. The molecule has 19 heavy (non-hydrogen) atoms. The number of likely N-dealkylation sites (N-methyl/N-ethyl adjacent to an activating group) is 2. The standard InChI is InChI=1S/C13H26N4O2/c1-5-16(6-2)12(18)10-17-8-7-14-9-11(17)13(19)15(3)4/h11,14H,5-10H2,1-4H3. The molecule has 0 bridgehead atoms. The Hall–Kier alpha value is -1.14. The number of nitrogens with one attached hydrogen (secondary N) is 1. The molecule has 1 fully saturated rings. The van der Waals surface area contributed by atoms with Crippen LogP contribution >= 0.6 is 0 Å². The zero-order valence-corrected chi connectivity index (χ0v) is 12.5. The van der Waals surface area contributed by atoms with E-state index in [0.29, 0.717) is 26.2 Å². The van der Waals surface area contributed by atoms with Gasteiger partial charge in [0.05, 0.1) is 6.54 Å². The Bertz CT molecular complexity index is 316. The first-order valence-electron chi connectivity index (χ1n) is 6.94. The minimum Gasteiger partial charge on any atom is -0.347 e. The molecule has 0 aromatic carbocycles. The summed E-state index contributed by atoms with van der Waals surface area (Å²) in [6.07, 6.45) is 0. The molecule has 6 nitrogen and oxygen atoms in total. The highest BCUT2D eigenvalue weighted by Crippen LogP contribution is 2.07. The van der Waals surface area contributed by atoms with Gasteiger partial charge in [-0.15, -0.1) is 0 Å². The monoisotopic (exact) mass is 270 g/mol.